The van der Waals surface area contributed by atoms with Crippen LogP contribution in [0.15, 0.2) is 54.9 Å². The van der Waals surface area contributed by atoms with Gasteiger partial charge in [0.15, 0.2) is 0 Å². The van der Waals surface area contributed by atoms with Gasteiger partial charge in [-0.3, -0.25) is 14.9 Å². The molecule has 0 saturated heterocycles. The zero-order chi connectivity index (χ0) is 21.5. The fourth-order valence-corrected chi connectivity index (χ4v) is 3.26. The molecular weight excluding hydrogens is 408 g/mol. The minimum absolute atomic E-state index is 0.0248. The molecule has 156 valence electrons. The topological polar surface area (TPSA) is 116 Å². The molecule has 0 aliphatic carbocycles. The third kappa shape index (κ3) is 5.35. The molecule has 2 heterocycles. The Morgan fingerprint density at radius 1 is 1.30 bits per heavy atom. The molecule has 0 saturated carbocycles. The van der Waals surface area contributed by atoms with E-state index >= 15 is 0 Å². The van der Waals surface area contributed by atoms with E-state index in [9.17, 15) is 19.7 Å². The molecule has 10 heteroatoms. The molecule has 1 aromatic carbocycles. The number of benzene rings is 1. The third-order valence-electron chi connectivity index (χ3n) is 4.30. The number of aromatic nitrogens is 2. The average Bonchev–Trinajstić information content (AvgIpc) is 3.18. The highest BCUT2D eigenvalue weighted by Crippen LogP contribution is 2.14. The summed E-state index contributed by atoms with van der Waals surface area (Å²) in [4.78, 5) is 39.8. The lowest BCUT2D eigenvalue weighted by atomic mass is 10.1. The van der Waals surface area contributed by atoms with E-state index in [-0.39, 0.29) is 17.9 Å². The second-order valence-electron chi connectivity index (χ2n) is 6.42. The number of hydrogen-bond acceptors (Lipinski definition) is 7. The molecule has 0 fully saturated rings. The van der Waals surface area contributed by atoms with Gasteiger partial charge in [0.2, 0.25) is 0 Å². The summed E-state index contributed by atoms with van der Waals surface area (Å²) < 4.78 is 7.19. The summed E-state index contributed by atoms with van der Waals surface area (Å²) in [6.45, 7) is -0.0248. The molecular formula is C20H20N4O5S. The first-order valence-corrected chi connectivity index (χ1v) is 10.5. The highest BCUT2D eigenvalue weighted by Gasteiger charge is 2.23. The van der Waals surface area contributed by atoms with Crippen LogP contribution in [0.2, 0.25) is 0 Å². The van der Waals surface area contributed by atoms with Gasteiger partial charge >= 0.3 is 5.97 Å². The predicted octanol–water partition coefficient (Wildman–Crippen LogP) is 2.84. The smallest absolute Gasteiger partial charge is 0.329 e. The lowest BCUT2D eigenvalue weighted by Gasteiger charge is -2.17. The summed E-state index contributed by atoms with van der Waals surface area (Å²) in [5, 5.41) is 13.5. The van der Waals surface area contributed by atoms with Crippen molar-refractivity contribution in [2.45, 2.75) is 19.1 Å². The molecule has 3 aromatic rings. The van der Waals surface area contributed by atoms with Crippen molar-refractivity contribution in [2.75, 3.05) is 12.0 Å². The zero-order valence-electron chi connectivity index (χ0n) is 16.2. The van der Waals surface area contributed by atoms with Gasteiger partial charge in [0.1, 0.15) is 18.3 Å². The minimum atomic E-state index is -0.874. The number of imidazole rings is 1. The number of thioether (sulfide) groups is 1. The van der Waals surface area contributed by atoms with Crippen LogP contribution in [0.5, 0.6) is 0 Å². The normalized spacial score (nSPS) is 11.8. The lowest BCUT2D eigenvalue weighted by Crippen LogP contribution is -2.42. The molecule has 1 N–H and O–H groups in total. The number of fused-ring (bicyclic) bond motifs is 1. The van der Waals surface area contributed by atoms with E-state index < -0.39 is 22.8 Å². The second kappa shape index (κ2) is 9.88. The quantitative estimate of drug-likeness (QED) is 0.316. The van der Waals surface area contributed by atoms with Gasteiger partial charge in [-0.2, -0.15) is 11.8 Å². The Bertz CT molecular complexity index is 1040. The van der Waals surface area contributed by atoms with Gasteiger partial charge < -0.3 is 14.5 Å². The van der Waals surface area contributed by atoms with Crippen molar-refractivity contribution in [1.82, 2.24) is 14.7 Å². The molecule has 0 spiro atoms. The standard InChI is InChI=1S/C20H20N4O5S/c1-30-10-8-17(22-19(25)14-5-4-6-16(11-14)24(27)28)20(26)29-13-15-12-23-9-3-2-7-18(23)21-15/h2-7,9,11-12,17H,8,10,13H2,1H3,(H,22,25). The number of nitrogens with one attached hydrogen (secondary N) is 1. The molecule has 1 unspecified atom stereocenters. The number of nitro benzene ring substituents is 1. The summed E-state index contributed by atoms with van der Waals surface area (Å²) in [7, 11) is 0. The van der Waals surface area contributed by atoms with Crippen molar-refractivity contribution in [3.05, 3.63) is 76.2 Å². The number of carbonyl (C=O) groups excluding carboxylic acids is 2. The second-order valence-corrected chi connectivity index (χ2v) is 7.41. The van der Waals surface area contributed by atoms with E-state index in [2.05, 4.69) is 10.3 Å². The van der Waals surface area contributed by atoms with E-state index in [0.29, 0.717) is 17.9 Å². The lowest BCUT2D eigenvalue weighted by molar-refractivity contribution is -0.384. The van der Waals surface area contributed by atoms with Crippen molar-refractivity contribution in [3.8, 4) is 0 Å². The average molecular weight is 428 g/mol. The van der Waals surface area contributed by atoms with Crippen molar-refractivity contribution in [2.24, 2.45) is 0 Å². The van der Waals surface area contributed by atoms with Gasteiger partial charge in [0.05, 0.1) is 10.6 Å². The predicted molar refractivity (Wildman–Crippen MR) is 112 cm³/mol. The Morgan fingerprint density at radius 3 is 2.87 bits per heavy atom. The first-order valence-electron chi connectivity index (χ1n) is 9.11. The van der Waals surface area contributed by atoms with Gasteiger partial charge in [-0.15, -0.1) is 0 Å². The number of non-ortho nitro benzene ring substituents is 1. The highest BCUT2D eigenvalue weighted by molar-refractivity contribution is 7.98. The van der Waals surface area contributed by atoms with Crippen LogP contribution in [-0.4, -0.2) is 44.2 Å². The third-order valence-corrected chi connectivity index (χ3v) is 4.94. The minimum Gasteiger partial charge on any atom is -0.458 e. The molecule has 0 radical (unpaired) electrons. The summed E-state index contributed by atoms with van der Waals surface area (Å²) in [6, 6.07) is 10.0. The van der Waals surface area contributed by atoms with Crippen molar-refractivity contribution >= 4 is 35.0 Å². The molecule has 30 heavy (non-hydrogen) atoms. The van der Waals surface area contributed by atoms with Crippen molar-refractivity contribution < 1.29 is 19.2 Å². The maximum Gasteiger partial charge on any atom is 0.329 e. The van der Waals surface area contributed by atoms with Crippen LogP contribution >= 0.6 is 11.8 Å². The van der Waals surface area contributed by atoms with Crippen LogP contribution in [0.1, 0.15) is 22.5 Å². The van der Waals surface area contributed by atoms with Crippen LogP contribution in [0.3, 0.4) is 0 Å². The number of ether oxygens (including phenoxy) is 1. The number of pyridine rings is 1. The molecule has 0 aliphatic heterocycles. The van der Waals surface area contributed by atoms with E-state index in [4.69, 9.17) is 4.74 Å². The van der Waals surface area contributed by atoms with Crippen LogP contribution in [-0.2, 0) is 16.1 Å². The summed E-state index contributed by atoms with van der Waals surface area (Å²) >= 11 is 1.53. The van der Waals surface area contributed by atoms with E-state index in [1.165, 1.54) is 36.0 Å². The molecule has 9 nitrogen and oxygen atoms in total. The fourth-order valence-electron chi connectivity index (χ4n) is 2.79. The van der Waals surface area contributed by atoms with E-state index in [1.807, 2.05) is 35.1 Å². The maximum absolute atomic E-state index is 12.6. The number of carbonyl (C=O) groups is 2. The Morgan fingerprint density at radius 2 is 2.13 bits per heavy atom. The van der Waals surface area contributed by atoms with Crippen LogP contribution in [0.4, 0.5) is 5.69 Å². The number of esters is 1. The molecule has 0 bridgehead atoms. The largest absolute Gasteiger partial charge is 0.458 e. The molecule has 3 rings (SSSR count). The zero-order valence-corrected chi connectivity index (χ0v) is 17.0. The van der Waals surface area contributed by atoms with Crippen molar-refractivity contribution in [1.29, 1.82) is 0 Å². The summed E-state index contributed by atoms with van der Waals surface area (Å²) in [5.41, 5.74) is 1.23. The van der Waals surface area contributed by atoms with Gasteiger partial charge in [0.25, 0.3) is 11.6 Å². The monoisotopic (exact) mass is 428 g/mol. The fraction of sp³-hybridized carbons (Fsp3) is 0.250. The Kier molecular flexibility index (Phi) is 7.02. The Labute approximate surface area is 176 Å². The number of nitrogens with zero attached hydrogens (tertiary/aromatic N) is 3. The Balaban J connectivity index is 1.66. The summed E-state index contributed by atoms with van der Waals surface area (Å²) in [5.74, 6) is -0.530. The van der Waals surface area contributed by atoms with E-state index in [1.54, 1.807) is 6.20 Å². The number of rotatable bonds is 9. The first-order chi connectivity index (χ1) is 14.5. The Hall–Kier alpha value is -3.40. The molecule has 0 aliphatic rings. The molecule has 2 aromatic heterocycles. The van der Waals surface area contributed by atoms with Crippen LogP contribution < -0.4 is 5.32 Å². The first kappa shape index (κ1) is 21.3. The number of nitro groups is 1. The van der Waals surface area contributed by atoms with Gasteiger partial charge in [-0.25, -0.2) is 9.78 Å². The number of amides is 1. The SMILES string of the molecule is CSCCC(NC(=O)c1cccc([N+](=O)[O-])c1)C(=O)OCc1cn2ccccc2n1. The molecule has 1 amide bonds. The summed E-state index contributed by atoms with van der Waals surface area (Å²) in [6.07, 6.45) is 5.86. The van der Waals surface area contributed by atoms with Crippen LogP contribution in [0, 0.1) is 10.1 Å². The van der Waals surface area contributed by atoms with E-state index in [0.717, 1.165) is 5.65 Å². The number of hydrogen-bond donors (Lipinski definition) is 1. The van der Waals surface area contributed by atoms with Gasteiger partial charge in [-0.1, -0.05) is 12.1 Å². The molecule has 1 atom stereocenters. The van der Waals surface area contributed by atoms with Gasteiger partial charge in [-0.05, 0) is 36.6 Å². The van der Waals surface area contributed by atoms with Crippen molar-refractivity contribution in [3.63, 3.8) is 0 Å². The van der Waals surface area contributed by atoms with Gasteiger partial charge in [0, 0.05) is 30.1 Å². The maximum atomic E-state index is 12.6. The highest BCUT2D eigenvalue weighted by atomic mass is 32.2. The van der Waals surface area contributed by atoms with Crippen LogP contribution in [0.25, 0.3) is 5.65 Å².